The molecule has 1 aliphatic carbocycles. The van der Waals surface area contributed by atoms with Crippen LogP contribution in [0, 0.1) is 11.8 Å². The molecule has 0 radical (unpaired) electrons. The van der Waals surface area contributed by atoms with Gasteiger partial charge in [0, 0.05) is 22.2 Å². The quantitative estimate of drug-likeness (QED) is 0.496. The van der Waals surface area contributed by atoms with Gasteiger partial charge in [-0.15, -0.1) is 5.92 Å². The number of rotatable bonds is 3. The van der Waals surface area contributed by atoms with Gasteiger partial charge in [0.1, 0.15) is 0 Å². The Morgan fingerprint density at radius 3 is 2.72 bits per heavy atom. The monoisotopic (exact) mass is 260 g/mol. The standard InChI is InChI=1S/C15H20N2S/c1-2-6-12-9-10-14(11-15(12)16)18-17-13-7-4-3-5-8-13/h9-11,13,17H,3-5,7-8,16H2,1H3. The zero-order valence-corrected chi connectivity index (χ0v) is 11.6. The molecule has 1 aromatic rings. The van der Waals surface area contributed by atoms with E-state index in [9.17, 15) is 0 Å². The van der Waals surface area contributed by atoms with Gasteiger partial charge >= 0.3 is 0 Å². The first kappa shape index (κ1) is 13.3. The molecule has 0 amide bonds. The predicted molar refractivity (Wildman–Crippen MR) is 79.3 cm³/mol. The number of anilines is 1. The first-order valence-electron chi connectivity index (χ1n) is 6.54. The van der Waals surface area contributed by atoms with E-state index in [1.165, 1.54) is 37.0 Å². The molecule has 0 saturated heterocycles. The molecule has 3 heteroatoms. The number of nitrogens with one attached hydrogen (secondary N) is 1. The highest BCUT2D eigenvalue weighted by molar-refractivity contribution is 7.97. The third-order valence-electron chi connectivity index (χ3n) is 3.23. The summed E-state index contributed by atoms with van der Waals surface area (Å²) in [4.78, 5) is 1.17. The summed E-state index contributed by atoms with van der Waals surface area (Å²) in [6.45, 7) is 1.83. The predicted octanol–water partition coefficient (Wildman–Crippen LogP) is 3.57. The maximum Gasteiger partial charge on any atom is 0.0484 e. The Bertz CT molecular complexity index is 453. The molecule has 0 heterocycles. The van der Waals surface area contributed by atoms with Crippen molar-refractivity contribution in [2.75, 3.05) is 5.73 Å². The molecule has 1 aliphatic rings. The van der Waals surface area contributed by atoms with Gasteiger partial charge in [-0.05, 0) is 49.9 Å². The number of nitrogens with two attached hydrogens (primary N) is 1. The van der Waals surface area contributed by atoms with Crippen LogP contribution in [-0.4, -0.2) is 6.04 Å². The summed E-state index contributed by atoms with van der Waals surface area (Å²) in [5, 5.41) is 0. The minimum atomic E-state index is 0.653. The molecule has 0 aliphatic heterocycles. The fourth-order valence-corrected chi connectivity index (χ4v) is 3.09. The number of hydrogen-bond donors (Lipinski definition) is 2. The fraction of sp³-hybridized carbons (Fsp3) is 0.467. The van der Waals surface area contributed by atoms with Gasteiger partial charge in [0.15, 0.2) is 0 Å². The SMILES string of the molecule is CC#Cc1ccc(SNC2CCCCC2)cc1N. The summed E-state index contributed by atoms with van der Waals surface area (Å²) in [5.74, 6) is 5.88. The van der Waals surface area contributed by atoms with Gasteiger partial charge in [-0.3, -0.25) is 4.72 Å². The van der Waals surface area contributed by atoms with Gasteiger partial charge in [0.05, 0.1) is 0 Å². The molecule has 0 bridgehead atoms. The first-order valence-corrected chi connectivity index (χ1v) is 7.36. The van der Waals surface area contributed by atoms with Crippen LogP contribution in [0.15, 0.2) is 23.1 Å². The van der Waals surface area contributed by atoms with Crippen LogP contribution in [-0.2, 0) is 0 Å². The van der Waals surface area contributed by atoms with Crippen LogP contribution in [0.2, 0.25) is 0 Å². The molecule has 96 valence electrons. The average Bonchev–Trinajstić information content (AvgIpc) is 2.41. The van der Waals surface area contributed by atoms with Gasteiger partial charge in [0.25, 0.3) is 0 Å². The van der Waals surface area contributed by atoms with E-state index in [0.29, 0.717) is 6.04 Å². The number of nitrogen functional groups attached to an aromatic ring is 1. The molecule has 18 heavy (non-hydrogen) atoms. The molecule has 1 aromatic carbocycles. The second-order valence-electron chi connectivity index (χ2n) is 4.68. The molecule has 0 spiro atoms. The maximum atomic E-state index is 5.97. The van der Waals surface area contributed by atoms with Crippen LogP contribution < -0.4 is 10.5 Å². The molecule has 1 fully saturated rings. The Morgan fingerprint density at radius 1 is 1.28 bits per heavy atom. The van der Waals surface area contributed by atoms with E-state index in [1.54, 1.807) is 11.9 Å². The highest BCUT2D eigenvalue weighted by Crippen LogP contribution is 2.24. The highest BCUT2D eigenvalue weighted by atomic mass is 32.2. The second-order valence-corrected chi connectivity index (χ2v) is 5.59. The lowest BCUT2D eigenvalue weighted by Gasteiger charge is -2.22. The van der Waals surface area contributed by atoms with Crippen LogP contribution in [0.5, 0.6) is 0 Å². The van der Waals surface area contributed by atoms with E-state index in [0.717, 1.165) is 11.3 Å². The largest absolute Gasteiger partial charge is 0.398 e. The van der Waals surface area contributed by atoms with Crippen molar-refractivity contribution in [1.82, 2.24) is 4.72 Å². The molecule has 2 nitrogen and oxygen atoms in total. The van der Waals surface area contributed by atoms with E-state index >= 15 is 0 Å². The third kappa shape index (κ3) is 3.69. The van der Waals surface area contributed by atoms with Crippen LogP contribution in [0.1, 0.15) is 44.6 Å². The topological polar surface area (TPSA) is 38.0 Å². The first-order chi connectivity index (χ1) is 8.79. The van der Waals surface area contributed by atoms with Crippen molar-refractivity contribution in [1.29, 1.82) is 0 Å². The Labute approximate surface area is 114 Å². The lowest BCUT2D eigenvalue weighted by Crippen LogP contribution is -2.25. The summed E-state index contributed by atoms with van der Waals surface area (Å²) in [6, 6.07) is 6.73. The zero-order chi connectivity index (χ0) is 12.8. The molecular weight excluding hydrogens is 240 g/mol. The molecule has 0 unspecified atom stereocenters. The van der Waals surface area contributed by atoms with Crippen LogP contribution in [0.4, 0.5) is 5.69 Å². The van der Waals surface area contributed by atoms with Crippen LogP contribution >= 0.6 is 11.9 Å². The summed E-state index contributed by atoms with van der Waals surface area (Å²) in [6.07, 6.45) is 6.68. The summed E-state index contributed by atoms with van der Waals surface area (Å²) in [7, 11) is 0. The second kappa shape index (κ2) is 6.72. The van der Waals surface area contributed by atoms with Crippen molar-refractivity contribution in [3.05, 3.63) is 23.8 Å². The summed E-state index contributed by atoms with van der Waals surface area (Å²) < 4.78 is 3.54. The van der Waals surface area contributed by atoms with Crippen molar-refractivity contribution in [2.24, 2.45) is 0 Å². The van der Waals surface area contributed by atoms with E-state index in [4.69, 9.17) is 5.73 Å². The summed E-state index contributed by atoms with van der Waals surface area (Å²) >= 11 is 1.69. The maximum absolute atomic E-state index is 5.97. The van der Waals surface area contributed by atoms with Crippen molar-refractivity contribution in [2.45, 2.75) is 50.0 Å². The normalized spacial score (nSPS) is 16.1. The lowest BCUT2D eigenvalue weighted by atomic mass is 9.96. The van der Waals surface area contributed by atoms with E-state index < -0.39 is 0 Å². The van der Waals surface area contributed by atoms with Gasteiger partial charge in [-0.25, -0.2) is 0 Å². The zero-order valence-electron chi connectivity index (χ0n) is 10.8. The highest BCUT2D eigenvalue weighted by Gasteiger charge is 2.12. The molecule has 2 rings (SSSR count). The third-order valence-corrected chi connectivity index (χ3v) is 4.17. The minimum absolute atomic E-state index is 0.653. The Hall–Kier alpha value is -1.11. The number of hydrogen-bond acceptors (Lipinski definition) is 3. The Kier molecular flexibility index (Phi) is 4.98. The van der Waals surface area contributed by atoms with Gasteiger partial charge in [-0.2, -0.15) is 0 Å². The lowest BCUT2D eigenvalue weighted by molar-refractivity contribution is 0.423. The molecule has 1 saturated carbocycles. The van der Waals surface area contributed by atoms with Crippen molar-refractivity contribution >= 4 is 17.6 Å². The van der Waals surface area contributed by atoms with Crippen LogP contribution in [0.25, 0.3) is 0 Å². The fourth-order valence-electron chi connectivity index (χ4n) is 2.22. The van der Waals surface area contributed by atoms with E-state index in [2.05, 4.69) is 22.6 Å². The smallest absolute Gasteiger partial charge is 0.0484 e. The van der Waals surface area contributed by atoms with E-state index in [-0.39, 0.29) is 0 Å². The van der Waals surface area contributed by atoms with Gasteiger partial charge in [0.2, 0.25) is 0 Å². The summed E-state index contributed by atoms with van der Waals surface area (Å²) in [5.41, 5.74) is 7.65. The Morgan fingerprint density at radius 2 is 2.06 bits per heavy atom. The number of benzene rings is 1. The van der Waals surface area contributed by atoms with Gasteiger partial charge < -0.3 is 5.73 Å². The molecule has 3 N–H and O–H groups in total. The Balaban J connectivity index is 1.92. The minimum Gasteiger partial charge on any atom is -0.398 e. The molecular formula is C15H20N2S. The molecule has 0 aromatic heterocycles. The molecule has 0 atom stereocenters. The van der Waals surface area contributed by atoms with Crippen molar-refractivity contribution in [3.63, 3.8) is 0 Å². The van der Waals surface area contributed by atoms with Crippen molar-refractivity contribution in [3.8, 4) is 11.8 Å². The van der Waals surface area contributed by atoms with E-state index in [1.807, 2.05) is 19.1 Å². The van der Waals surface area contributed by atoms with Gasteiger partial charge in [-0.1, -0.05) is 25.2 Å². The van der Waals surface area contributed by atoms with Crippen molar-refractivity contribution < 1.29 is 0 Å². The van der Waals surface area contributed by atoms with Crippen LogP contribution in [0.3, 0.4) is 0 Å². The average molecular weight is 260 g/mol.